The van der Waals surface area contributed by atoms with Gasteiger partial charge >= 0.3 is 0 Å². The van der Waals surface area contributed by atoms with Crippen molar-refractivity contribution in [3.63, 3.8) is 0 Å². The van der Waals surface area contributed by atoms with Gasteiger partial charge in [0.25, 0.3) is 0 Å². The highest BCUT2D eigenvalue weighted by Gasteiger charge is 2.37. The molecule has 0 radical (unpaired) electrons. The maximum absolute atomic E-state index is 12.1. The Morgan fingerprint density at radius 2 is 1.62 bits per heavy atom. The number of aliphatic hydroxyl groups is 1. The monoisotopic (exact) mass is 222 g/mol. The molecule has 3 heteroatoms. The van der Waals surface area contributed by atoms with Crippen LogP contribution in [0.4, 0.5) is 0 Å². The smallest absolute Gasteiger partial charge is 0.194 e. The van der Waals surface area contributed by atoms with Crippen LogP contribution in [0.15, 0.2) is 30.3 Å². The van der Waals surface area contributed by atoms with Crippen LogP contribution in [0.3, 0.4) is 0 Å². The van der Waals surface area contributed by atoms with Crippen molar-refractivity contribution in [3.8, 4) is 0 Å². The summed E-state index contributed by atoms with van der Waals surface area (Å²) in [5, 5.41) is 10.2. The minimum atomic E-state index is -1.10. The number of hydrogen-bond donors (Lipinski definition) is 1. The molecule has 3 N–H and O–H groups in total. The van der Waals surface area contributed by atoms with Crippen LogP contribution in [0.25, 0.3) is 0 Å². The fraction of sp³-hybridized carbons (Fsp3) is 0.462. The molecule has 1 aliphatic carbocycles. The zero-order valence-corrected chi connectivity index (χ0v) is 9.28. The van der Waals surface area contributed by atoms with Gasteiger partial charge in [0, 0.05) is 5.56 Å². The Labute approximate surface area is 95.4 Å². The van der Waals surface area contributed by atoms with Crippen LogP contribution in [-0.4, -0.2) is 22.0 Å². The molecule has 1 fully saturated rings. The highest BCUT2D eigenvalue weighted by atomic mass is 16.3. The van der Waals surface area contributed by atoms with Crippen molar-refractivity contribution in [2.75, 3.05) is 0 Å². The molecule has 0 aromatic heterocycles. The molecule has 0 bridgehead atoms. The van der Waals surface area contributed by atoms with Crippen molar-refractivity contribution in [3.05, 3.63) is 35.9 Å². The van der Waals surface area contributed by atoms with Crippen LogP contribution in [0.1, 0.15) is 42.5 Å². The van der Waals surface area contributed by atoms with E-state index in [0.717, 1.165) is 19.3 Å². The Kier molecular flexibility index (Phi) is 4.21. The molecule has 0 heterocycles. The zero-order valence-electron chi connectivity index (χ0n) is 9.28. The fourth-order valence-electron chi connectivity index (χ4n) is 2.22. The summed E-state index contributed by atoms with van der Waals surface area (Å²) in [5.41, 5.74) is -0.471. The van der Waals surface area contributed by atoms with Gasteiger partial charge in [-0.05, 0) is 12.8 Å². The Morgan fingerprint density at radius 1 is 1.06 bits per heavy atom. The van der Waals surface area contributed by atoms with E-state index in [1.54, 1.807) is 12.1 Å². The predicted molar refractivity (Wildman–Crippen MR) is 62.4 cm³/mol. The third-order valence-electron chi connectivity index (χ3n) is 3.14. The van der Waals surface area contributed by atoms with Crippen molar-refractivity contribution < 1.29 is 15.4 Å². The van der Waals surface area contributed by atoms with E-state index in [9.17, 15) is 9.90 Å². The first-order valence-corrected chi connectivity index (χ1v) is 5.55. The van der Waals surface area contributed by atoms with Crippen LogP contribution in [-0.2, 0) is 0 Å². The second-order valence-electron chi connectivity index (χ2n) is 4.29. The first-order chi connectivity index (χ1) is 7.22. The molecule has 0 saturated heterocycles. The summed E-state index contributed by atoms with van der Waals surface area (Å²) < 4.78 is 0. The highest BCUT2D eigenvalue weighted by Crippen LogP contribution is 2.30. The van der Waals surface area contributed by atoms with Crippen molar-refractivity contribution in [2.24, 2.45) is 0 Å². The van der Waals surface area contributed by atoms with Crippen LogP contribution in [0, 0.1) is 0 Å². The van der Waals surface area contributed by atoms with E-state index in [0.29, 0.717) is 18.4 Å². The molecule has 88 valence electrons. The van der Waals surface area contributed by atoms with Crippen LogP contribution in [0.2, 0.25) is 0 Å². The van der Waals surface area contributed by atoms with Gasteiger partial charge in [0.1, 0.15) is 5.60 Å². The lowest BCUT2D eigenvalue weighted by Crippen LogP contribution is -2.40. The second-order valence-corrected chi connectivity index (χ2v) is 4.29. The van der Waals surface area contributed by atoms with Gasteiger partial charge in [0.05, 0.1) is 0 Å². The van der Waals surface area contributed by atoms with Crippen LogP contribution in [0.5, 0.6) is 0 Å². The Hall–Kier alpha value is -1.19. The van der Waals surface area contributed by atoms with E-state index in [4.69, 9.17) is 0 Å². The second kappa shape index (κ2) is 5.23. The van der Waals surface area contributed by atoms with Crippen molar-refractivity contribution >= 4 is 5.78 Å². The van der Waals surface area contributed by atoms with Gasteiger partial charge in [-0.3, -0.25) is 4.79 Å². The van der Waals surface area contributed by atoms with Gasteiger partial charge in [0.15, 0.2) is 5.78 Å². The highest BCUT2D eigenvalue weighted by molar-refractivity contribution is 6.02. The minimum absolute atomic E-state index is 0. The van der Waals surface area contributed by atoms with Crippen molar-refractivity contribution in [1.82, 2.24) is 0 Å². The van der Waals surface area contributed by atoms with Crippen LogP contribution >= 0.6 is 0 Å². The molecule has 1 aromatic rings. The molecule has 0 aliphatic heterocycles. The zero-order chi connectivity index (χ0) is 10.7. The summed E-state index contributed by atoms with van der Waals surface area (Å²) in [4.78, 5) is 12.1. The number of benzene rings is 1. The third kappa shape index (κ3) is 2.49. The van der Waals surface area contributed by atoms with Gasteiger partial charge in [0.2, 0.25) is 0 Å². The van der Waals surface area contributed by atoms with Gasteiger partial charge in [-0.2, -0.15) is 0 Å². The lowest BCUT2D eigenvalue weighted by molar-refractivity contribution is 0.0116. The summed E-state index contributed by atoms with van der Waals surface area (Å²) in [5.74, 6) is -0.109. The van der Waals surface area contributed by atoms with Crippen molar-refractivity contribution in [1.29, 1.82) is 0 Å². The number of carbonyl (C=O) groups excluding carboxylic acids is 1. The Balaban J connectivity index is 0.00000128. The SMILES string of the molecule is O.O=C(c1ccccc1)C1(O)CCCCC1. The van der Waals surface area contributed by atoms with E-state index < -0.39 is 5.60 Å². The summed E-state index contributed by atoms with van der Waals surface area (Å²) >= 11 is 0. The molecule has 3 nitrogen and oxygen atoms in total. The fourth-order valence-corrected chi connectivity index (χ4v) is 2.22. The van der Waals surface area contributed by atoms with E-state index in [1.807, 2.05) is 18.2 Å². The van der Waals surface area contributed by atoms with Gasteiger partial charge in [-0.1, -0.05) is 49.6 Å². The lowest BCUT2D eigenvalue weighted by Gasteiger charge is -2.30. The normalized spacial score (nSPS) is 18.6. The molecular formula is C13H18O3. The summed E-state index contributed by atoms with van der Waals surface area (Å²) in [6, 6.07) is 9.09. The van der Waals surface area contributed by atoms with Gasteiger partial charge < -0.3 is 10.6 Å². The van der Waals surface area contributed by atoms with Crippen molar-refractivity contribution in [2.45, 2.75) is 37.7 Å². The Bertz CT molecular complexity index is 339. The Morgan fingerprint density at radius 3 is 2.19 bits per heavy atom. The quantitative estimate of drug-likeness (QED) is 0.774. The number of rotatable bonds is 2. The molecule has 16 heavy (non-hydrogen) atoms. The molecule has 0 spiro atoms. The van der Waals surface area contributed by atoms with E-state index in [-0.39, 0.29) is 11.3 Å². The van der Waals surface area contributed by atoms with Gasteiger partial charge in [-0.25, -0.2) is 0 Å². The van der Waals surface area contributed by atoms with Gasteiger partial charge in [-0.15, -0.1) is 0 Å². The molecule has 1 saturated carbocycles. The first kappa shape index (κ1) is 12.9. The predicted octanol–water partition coefficient (Wildman–Crippen LogP) is 1.74. The number of carbonyl (C=O) groups is 1. The number of hydrogen-bond acceptors (Lipinski definition) is 2. The average Bonchev–Trinajstić information content (AvgIpc) is 2.30. The maximum atomic E-state index is 12.1. The lowest BCUT2D eigenvalue weighted by atomic mass is 9.79. The van der Waals surface area contributed by atoms with E-state index in [1.165, 1.54) is 0 Å². The standard InChI is InChI=1S/C13H16O2.H2O/c14-12(11-7-3-1-4-8-11)13(15)9-5-2-6-10-13;/h1,3-4,7-8,15H,2,5-6,9-10H2;1H2. The van der Waals surface area contributed by atoms with E-state index >= 15 is 0 Å². The molecule has 2 rings (SSSR count). The van der Waals surface area contributed by atoms with E-state index in [2.05, 4.69) is 0 Å². The van der Waals surface area contributed by atoms with Crippen LogP contribution < -0.4 is 0 Å². The molecule has 0 amide bonds. The summed E-state index contributed by atoms with van der Waals surface area (Å²) in [6.45, 7) is 0. The molecule has 1 aromatic carbocycles. The average molecular weight is 222 g/mol. The maximum Gasteiger partial charge on any atom is 0.194 e. The third-order valence-corrected chi connectivity index (χ3v) is 3.14. The largest absolute Gasteiger partial charge is 0.412 e. The summed E-state index contributed by atoms with van der Waals surface area (Å²) in [6.07, 6.45) is 4.26. The molecular weight excluding hydrogens is 204 g/mol. The number of Topliss-reactive ketones (excluding diaryl/α,β-unsaturated/α-hetero) is 1. The minimum Gasteiger partial charge on any atom is -0.412 e. The molecule has 0 atom stereocenters. The molecule has 1 aliphatic rings. The topological polar surface area (TPSA) is 68.8 Å². The number of ketones is 1. The first-order valence-electron chi connectivity index (χ1n) is 5.55. The summed E-state index contributed by atoms with van der Waals surface area (Å²) in [7, 11) is 0. The molecule has 0 unspecified atom stereocenters.